The lowest BCUT2D eigenvalue weighted by atomic mass is 10.2. The van der Waals surface area contributed by atoms with Gasteiger partial charge in [-0.1, -0.05) is 29.8 Å². The van der Waals surface area contributed by atoms with Crippen LogP contribution in [0.3, 0.4) is 0 Å². The van der Waals surface area contributed by atoms with Gasteiger partial charge in [0, 0.05) is 11.1 Å². The maximum Gasteiger partial charge on any atom is 0.416 e. The van der Waals surface area contributed by atoms with Crippen LogP contribution >= 0.6 is 22.9 Å². The molecule has 4 aromatic rings. The van der Waals surface area contributed by atoms with Crippen molar-refractivity contribution in [2.45, 2.75) is 6.18 Å². The third kappa shape index (κ3) is 3.61. The quantitative estimate of drug-likeness (QED) is 0.408. The predicted octanol–water partition coefficient (Wildman–Crippen LogP) is 6.77. The first-order valence-electron chi connectivity index (χ1n) is 7.86. The molecule has 0 aliphatic rings. The van der Waals surface area contributed by atoms with Gasteiger partial charge in [-0.2, -0.15) is 13.2 Å². The molecule has 2 aromatic heterocycles. The smallest absolute Gasteiger partial charge is 0.340 e. The van der Waals surface area contributed by atoms with Crippen molar-refractivity contribution in [2.75, 3.05) is 5.32 Å². The summed E-state index contributed by atoms with van der Waals surface area (Å²) in [4.78, 5) is 9.75. The van der Waals surface area contributed by atoms with E-state index < -0.39 is 11.7 Å². The molecule has 0 aliphatic heterocycles. The zero-order valence-electron chi connectivity index (χ0n) is 13.6. The number of benzene rings is 2. The first-order chi connectivity index (χ1) is 12.9. The number of alkyl halides is 3. The van der Waals surface area contributed by atoms with Crippen LogP contribution in [0, 0.1) is 0 Å². The third-order valence-electron chi connectivity index (χ3n) is 3.88. The Labute approximate surface area is 161 Å². The average Bonchev–Trinajstić information content (AvgIpc) is 3.07. The Balaban J connectivity index is 1.83. The van der Waals surface area contributed by atoms with Gasteiger partial charge in [0.25, 0.3) is 0 Å². The van der Waals surface area contributed by atoms with E-state index in [1.165, 1.54) is 17.4 Å². The Morgan fingerprint density at radius 3 is 2.52 bits per heavy atom. The van der Waals surface area contributed by atoms with Crippen molar-refractivity contribution in [3.63, 3.8) is 0 Å². The Kier molecular flexibility index (Phi) is 4.49. The van der Waals surface area contributed by atoms with E-state index in [9.17, 15) is 13.2 Å². The van der Waals surface area contributed by atoms with Crippen molar-refractivity contribution in [1.82, 2.24) is 9.97 Å². The number of nitrogens with zero attached hydrogens (tertiary/aromatic N) is 2. The minimum absolute atomic E-state index is 0.289. The van der Waals surface area contributed by atoms with Crippen LogP contribution in [0.25, 0.3) is 21.6 Å². The second-order valence-electron chi connectivity index (χ2n) is 5.71. The molecule has 0 saturated heterocycles. The molecule has 0 amide bonds. The topological polar surface area (TPSA) is 37.8 Å². The van der Waals surface area contributed by atoms with Crippen molar-refractivity contribution in [3.05, 3.63) is 70.6 Å². The monoisotopic (exact) mass is 405 g/mol. The molecular weight excluding hydrogens is 395 g/mol. The van der Waals surface area contributed by atoms with E-state index in [1.807, 2.05) is 29.6 Å². The Morgan fingerprint density at radius 1 is 0.963 bits per heavy atom. The van der Waals surface area contributed by atoms with Crippen molar-refractivity contribution in [3.8, 4) is 10.7 Å². The van der Waals surface area contributed by atoms with E-state index in [-0.39, 0.29) is 5.69 Å². The summed E-state index contributed by atoms with van der Waals surface area (Å²) in [6.45, 7) is 0. The average molecular weight is 406 g/mol. The zero-order chi connectivity index (χ0) is 19.0. The van der Waals surface area contributed by atoms with Crippen molar-refractivity contribution >= 4 is 45.3 Å². The molecule has 0 atom stereocenters. The van der Waals surface area contributed by atoms with Crippen molar-refractivity contribution in [1.29, 1.82) is 0 Å². The van der Waals surface area contributed by atoms with E-state index in [0.29, 0.717) is 32.4 Å². The molecule has 2 heterocycles. The van der Waals surface area contributed by atoms with E-state index in [0.717, 1.165) is 12.1 Å². The Bertz CT molecular complexity index is 1120. The fourth-order valence-electron chi connectivity index (χ4n) is 2.64. The SMILES string of the molecule is FC(F)(F)c1cccc(Nc2nc(-c3sccc3Cl)nc3ccccc23)c1. The van der Waals surface area contributed by atoms with Gasteiger partial charge in [0.05, 0.1) is 21.0 Å². The van der Waals surface area contributed by atoms with Crippen LogP contribution in [0.4, 0.5) is 24.7 Å². The zero-order valence-corrected chi connectivity index (χ0v) is 15.2. The number of hydrogen-bond donors (Lipinski definition) is 1. The summed E-state index contributed by atoms with van der Waals surface area (Å²) in [5.41, 5.74) is 0.228. The molecule has 3 nitrogen and oxygen atoms in total. The summed E-state index contributed by atoms with van der Waals surface area (Å²) in [5.74, 6) is 0.836. The standard InChI is InChI=1S/C19H11ClF3N3S/c20-14-8-9-27-16(14)18-25-15-7-2-1-6-13(15)17(26-18)24-12-5-3-4-11(10-12)19(21,22)23/h1-10H,(H,24,25,26). The fraction of sp³-hybridized carbons (Fsp3) is 0.0526. The maximum atomic E-state index is 13.0. The molecule has 0 saturated carbocycles. The number of fused-ring (bicyclic) bond motifs is 1. The van der Waals surface area contributed by atoms with Crippen molar-refractivity contribution < 1.29 is 13.2 Å². The third-order valence-corrected chi connectivity index (χ3v) is 5.21. The number of nitrogens with one attached hydrogen (secondary N) is 1. The molecule has 1 N–H and O–H groups in total. The van der Waals surface area contributed by atoms with Crippen LogP contribution in [-0.4, -0.2) is 9.97 Å². The van der Waals surface area contributed by atoms with E-state index in [4.69, 9.17) is 11.6 Å². The summed E-state index contributed by atoms with van der Waals surface area (Å²) < 4.78 is 39.0. The van der Waals surface area contributed by atoms with Crippen LogP contribution in [0.1, 0.15) is 5.56 Å². The second-order valence-corrected chi connectivity index (χ2v) is 7.04. The number of para-hydroxylation sites is 1. The molecule has 0 bridgehead atoms. The lowest BCUT2D eigenvalue weighted by molar-refractivity contribution is -0.137. The molecular formula is C19H11ClF3N3S. The molecule has 0 radical (unpaired) electrons. The number of halogens is 4. The molecule has 2 aromatic carbocycles. The Hall–Kier alpha value is -2.64. The molecule has 0 fully saturated rings. The summed E-state index contributed by atoms with van der Waals surface area (Å²) >= 11 is 7.59. The van der Waals surface area contributed by atoms with Crippen LogP contribution < -0.4 is 5.32 Å². The normalized spacial score (nSPS) is 11.7. The number of rotatable bonds is 3. The molecule has 136 valence electrons. The van der Waals surface area contributed by atoms with Gasteiger partial charge in [0.1, 0.15) is 5.82 Å². The van der Waals surface area contributed by atoms with Gasteiger partial charge < -0.3 is 5.32 Å². The van der Waals surface area contributed by atoms with Gasteiger partial charge >= 0.3 is 6.18 Å². The number of anilines is 2. The fourth-order valence-corrected chi connectivity index (χ4v) is 3.71. The van der Waals surface area contributed by atoms with Crippen LogP contribution in [0.15, 0.2) is 60.0 Å². The van der Waals surface area contributed by atoms with Gasteiger partial charge in [-0.05, 0) is 41.8 Å². The molecule has 27 heavy (non-hydrogen) atoms. The number of aromatic nitrogens is 2. The first kappa shape index (κ1) is 17.8. The first-order valence-corrected chi connectivity index (χ1v) is 9.12. The summed E-state index contributed by atoms with van der Waals surface area (Å²) in [6.07, 6.45) is -4.42. The van der Waals surface area contributed by atoms with Gasteiger partial charge in [-0.3, -0.25) is 0 Å². The van der Waals surface area contributed by atoms with E-state index in [2.05, 4.69) is 15.3 Å². The van der Waals surface area contributed by atoms with Crippen LogP contribution in [0.5, 0.6) is 0 Å². The van der Waals surface area contributed by atoms with Gasteiger partial charge in [0.15, 0.2) is 5.82 Å². The lowest BCUT2D eigenvalue weighted by Gasteiger charge is -2.12. The minimum atomic E-state index is -4.42. The molecule has 8 heteroatoms. The maximum absolute atomic E-state index is 13.0. The highest BCUT2D eigenvalue weighted by Crippen LogP contribution is 2.35. The van der Waals surface area contributed by atoms with Crippen molar-refractivity contribution in [2.24, 2.45) is 0 Å². The molecule has 0 aliphatic carbocycles. The predicted molar refractivity (Wildman–Crippen MR) is 103 cm³/mol. The molecule has 0 spiro atoms. The van der Waals surface area contributed by atoms with E-state index >= 15 is 0 Å². The number of hydrogen-bond acceptors (Lipinski definition) is 4. The highest BCUT2D eigenvalue weighted by Gasteiger charge is 2.30. The van der Waals surface area contributed by atoms with E-state index in [1.54, 1.807) is 12.1 Å². The van der Waals surface area contributed by atoms with Gasteiger partial charge in [0.2, 0.25) is 0 Å². The Morgan fingerprint density at radius 2 is 1.78 bits per heavy atom. The van der Waals surface area contributed by atoms with Crippen LogP contribution in [0.2, 0.25) is 5.02 Å². The lowest BCUT2D eigenvalue weighted by Crippen LogP contribution is -2.05. The second kappa shape index (κ2) is 6.83. The van der Waals surface area contributed by atoms with Crippen LogP contribution in [-0.2, 0) is 6.18 Å². The largest absolute Gasteiger partial charge is 0.416 e. The molecule has 0 unspecified atom stereocenters. The number of thiophene rings is 1. The molecule has 4 rings (SSSR count). The van der Waals surface area contributed by atoms with Gasteiger partial charge in [-0.25, -0.2) is 9.97 Å². The summed E-state index contributed by atoms with van der Waals surface area (Å²) in [5, 5.41) is 6.05. The van der Waals surface area contributed by atoms with Gasteiger partial charge in [-0.15, -0.1) is 11.3 Å². The highest BCUT2D eigenvalue weighted by atomic mass is 35.5. The minimum Gasteiger partial charge on any atom is -0.340 e. The summed E-state index contributed by atoms with van der Waals surface area (Å²) in [6, 6.07) is 14.0. The summed E-state index contributed by atoms with van der Waals surface area (Å²) in [7, 11) is 0. The highest BCUT2D eigenvalue weighted by molar-refractivity contribution is 7.14.